The van der Waals surface area contributed by atoms with E-state index in [0.717, 1.165) is 42.3 Å². The van der Waals surface area contributed by atoms with Crippen molar-refractivity contribution in [1.29, 1.82) is 0 Å². The average Bonchev–Trinajstić information content (AvgIpc) is 2.72. The molecule has 0 unspecified atom stereocenters. The van der Waals surface area contributed by atoms with Gasteiger partial charge in [0.15, 0.2) is 0 Å². The van der Waals surface area contributed by atoms with Gasteiger partial charge < -0.3 is 14.4 Å². The minimum absolute atomic E-state index is 0.128. The average molecular weight is 386 g/mol. The summed E-state index contributed by atoms with van der Waals surface area (Å²) in [6.45, 7) is 3.78. The lowest BCUT2D eigenvalue weighted by Gasteiger charge is -2.35. The maximum absolute atomic E-state index is 13.3. The highest BCUT2D eigenvalue weighted by Crippen LogP contribution is 2.25. The van der Waals surface area contributed by atoms with Crippen molar-refractivity contribution in [3.05, 3.63) is 59.4 Å². The molecule has 1 aliphatic heterocycles. The third-order valence-corrected chi connectivity index (χ3v) is 5.12. The Hall–Kier alpha value is -2.60. The van der Waals surface area contributed by atoms with Gasteiger partial charge in [0.1, 0.15) is 17.3 Å². The van der Waals surface area contributed by atoms with Crippen molar-refractivity contribution in [2.24, 2.45) is 0 Å². The van der Waals surface area contributed by atoms with Gasteiger partial charge in [0.05, 0.1) is 14.2 Å². The Morgan fingerprint density at radius 3 is 2.50 bits per heavy atom. The molecule has 0 aromatic heterocycles. The van der Waals surface area contributed by atoms with E-state index in [1.54, 1.807) is 20.3 Å². The second kappa shape index (κ2) is 9.55. The zero-order valence-electron chi connectivity index (χ0n) is 16.5. The summed E-state index contributed by atoms with van der Waals surface area (Å²) in [5.41, 5.74) is 1.94. The fourth-order valence-electron chi connectivity index (χ4n) is 3.50. The van der Waals surface area contributed by atoms with Crippen LogP contribution in [-0.2, 0) is 17.8 Å². The Morgan fingerprint density at radius 1 is 1.04 bits per heavy atom. The summed E-state index contributed by atoms with van der Waals surface area (Å²) >= 11 is 0. The van der Waals surface area contributed by atoms with Crippen molar-refractivity contribution < 1.29 is 18.7 Å². The first-order valence-electron chi connectivity index (χ1n) is 9.54. The lowest BCUT2D eigenvalue weighted by molar-refractivity contribution is -0.133. The molecule has 0 aliphatic carbocycles. The van der Waals surface area contributed by atoms with E-state index in [2.05, 4.69) is 4.90 Å². The summed E-state index contributed by atoms with van der Waals surface area (Å²) in [5.74, 6) is 1.52. The Labute approximate surface area is 165 Å². The van der Waals surface area contributed by atoms with Gasteiger partial charge in [0.2, 0.25) is 5.91 Å². The lowest BCUT2D eigenvalue weighted by atomic mass is 10.1. The highest BCUT2D eigenvalue weighted by atomic mass is 19.1. The monoisotopic (exact) mass is 386 g/mol. The quantitative estimate of drug-likeness (QED) is 0.733. The number of piperazine rings is 1. The molecular weight excluding hydrogens is 359 g/mol. The Balaban J connectivity index is 1.49. The molecule has 28 heavy (non-hydrogen) atoms. The molecule has 1 aliphatic rings. The van der Waals surface area contributed by atoms with Gasteiger partial charge in [-0.25, -0.2) is 4.39 Å². The number of carbonyl (C=O) groups is 1. The van der Waals surface area contributed by atoms with Crippen LogP contribution in [-0.4, -0.2) is 56.1 Å². The first-order chi connectivity index (χ1) is 13.6. The molecule has 0 bridgehead atoms. The normalized spacial score (nSPS) is 14.8. The number of rotatable bonds is 7. The van der Waals surface area contributed by atoms with Crippen LogP contribution in [0.5, 0.6) is 11.5 Å². The Kier molecular flexibility index (Phi) is 6.87. The lowest BCUT2D eigenvalue weighted by Crippen LogP contribution is -2.48. The molecule has 1 amide bonds. The van der Waals surface area contributed by atoms with Crippen LogP contribution < -0.4 is 9.47 Å². The molecule has 0 spiro atoms. The fourth-order valence-corrected chi connectivity index (χ4v) is 3.50. The second-order valence-corrected chi connectivity index (χ2v) is 6.96. The molecular formula is C22H27FN2O3. The zero-order chi connectivity index (χ0) is 19.9. The van der Waals surface area contributed by atoms with Crippen LogP contribution in [0.15, 0.2) is 42.5 Å². The molecule has 1 fully saturated rings. The van der Waals surface area contributed by atoms with E-state index in [9.17, 15) is 9.18 Å². The van der Waals surface area contributed by atoms with Crippen molar-refractivity contribution in [3.63, 3.8) is 0 Å². The number of benzene rings is 2. The Morgan fingerprint density at radius 2 is 1.82 bits per heavy atom. The van der Waals surface area contributed by atoms with Crippen LogP contribution in [0, 0.1) is 5.82 Å². The van der Waals surface area contributed by atoms with Gasteiger partial charge in [-0.3, -0.25) is 9.69 Å². The predicted octanol–water partition coefficient (Wildman–Crippen LogP) is 3.12. The van der Waals surface area contributed by atoms with Crippen LogP contribution >= 0.6 is 0 Å². The molecule has 5 nitrogen and oxygen atoms in total. The highest BCUT2D eigenvalue weighted by Gasteiger charge is 2.22. The molecule has 2 aromatic rings. The van der Waals surface area contributed by atoms with Crippen LogP contribution in [0.1, 0.15) is 17.5 Å². The third kappa shape index (κ3) is 5.23. The number of ether oxygens (including phenoxy) is 2. The first kappa shape index (κ1) is 20.1. The van der Waals surface area contributed by atoms with E-state index in [0.29, 0.717) is 25.9 Å². The van der Waals surface area contributed by atoms with Gasteiger partial charge in [-0.05, 0) is 42.3 Å². The summed E-state index contributed by atoms with van der Waals surface area (Å²) in [6, 6.07) is 12.2. The zero-order valence-corrected chi connectivity index (χ0v) is 16.5. The number of nitrogens with zero attached hydrogens (tertiary/aromatic N) is 2. The van der Waals surface area contributed by atoms with E-state index in [1.165, 1.54) is 12.1 Å². The molecule has 0 N–H and O–H groups in total. The Bertz CT molecular complexity index is 804. The summed E-state index contributed by atoms with van der Waals surface area (Å²) in [4.78, 5) is 16.7. The minimum Gasteiger partial charge on any atom is -0.497 e. The number of carbonyl (C=O) groups excluding carboxylic acids is 1. The number of halogens is 1. The van der Waals surface area contributed by atoms with Crippen LogP contribution in [0.4, 0.5) is 4.39 Å². The van der Waals surface area contributed by atoms with Crippen molar-refractivity contribution in [2.45, 2.75) is 19.4 Å². The summed E-state index contributed by atoms with van der Waals surface area (Å²) in [6.07, 6.45) is 0.977. The number of amides is 1. The molecule has 0 radical (unpaired) electrons. The highest BCUT2D eigenvalue weighted by molar-refractivity contribution is 5.76. The number of hydrogen-bond acceptors (Lipinski definition) is 4. The van der Waals surface area contributed by atoms with Crippen molar-refractivity contribution >= 4 is 5.91 Å². The molecule has 150 valence electrons. The fraction of sp³-hybridized carbons (Fsp3) is 0.409. The number of methoxy groups -OCH3 is 2. The van der Waals surface area contributed by atoms with E-state index in [-0.39, 0.29) is 11.7 Å². The molecule has 3 rings (SSSR count). The third-order valence-electron chi connectivity index (χ3n) is 5.12. The maximum Gasteiger partial charge on any atom is 0.222 e. The molecule has 1 heterocycles. The van der Waals surface area contributed by atoms with Crippen molar-refractivity contribution in [1.82, 2.24) is 9.80 Å². The molecule has 0 saturated carbocycles. The first-order valence-corrected chi connectivity index (χ1v) is 9.54. The van der Waals surface area contributed by atoms with Gasteiger partial charge in [-0.1, -0.05) is 12.1 Å². The van der Waals surface area contributed by atoms with Gasteiger partial charge in [0, 0.05) is 44.7 Å². The van der Waals surface area contributed by atoms with Crippen LogP contribution in [0.3, 0.4) is 0 Å². The van der Waals surface area contributed by atoms with Crippen LogP contribution in [0.25, 0.3) is 0 Å². The minimum atomic E-state index is -0.258. The van der Waals surface area contributed by atoms with Gasteiger partial charge >= 0.3 is 0 Å². The largest absolute Gasteiger partial charge is 0.497 e. The van der Waals surface area contributed by atoms with E-state index in [4.69, 9.17) is 9.47 Å². The number of hydrogen-bond donors (Lipinski definition) is 0. The molecule has 0 atom stereocenters. The second-order valence-electron chi connectivity index (χ2n) is 6.96. The van der Waals surface area contributed by atoms with Gasteiger partial charge in [-0.2, -0.15) is 0 Å². The van der Waals surface area contributed by atoms with Crippen molar-refractivity contribution in [2.75, 3.05) is 40.4 Å². The number of aryl methyl sites for hydroxylation is 1. The molecule has 2 aromatic carbocycles. The van der Waals surface area contributed by atoms with Crippen molar-refractivity contribution in [3.8, 4) is 11.5 Å². The summed E-state index contributed by atoms with van der Waals surface area (Å²) in [5, 5.41) is 0. The van der Waals surface area contributed by atoms with Crippen LogP contribution in [0.2, 0.25) is 0 Å². The summed E-state index contributed by atoms with van der Waals surface area (Å²) < 4.78 is 24.0. The molecule has 1 saturated heterocycles. The van der Waals surface area contributed by atoms with Gasteiger partial charge in [0.25, 0.3) is 0 Å². The van der Waals surface area contributed by atoms with Gasteiger partial charge in [-0.15, -0.1) is 0 Å². The SMILES string of the molecule is COc1ccc(OC)c(CN2CCN(C(=O)CCc3cccc(F)c3)CC2)c1. The van der Waals surface area contributed by atoms with E-state index >= 15 is 0 Å². The standard InChI is InChI=1S/C22H27FN2O3/c1-27-20-7-8-21(28-2)18(15-20)16-24-10-12-25(13-11-24)22(26)9-6-17-4-3-5-19(23)14-17/h3-5,7-8,14-15H,6,9-13,16H2,1-2H3. The maximum atomic E-state index is 13.3. The predicted molar refractivity (Wildman–Crippen MR) is 106 cm³/mol. The smallest absolute Gasteiger partial charge is 0.222 e. The topological polar surface area (TPSA) is 42.0 Å². The van der Waals surface area contributed by atoms with E-state index < -0.39 is 0 Å². The van der Waals surface area contributed by atoms with E-state index in [1.807, 2.05) is 29.2 Å². The molecule has 6 heteroatoms. The summed E-state index contributed by atoms with van der Waals surface area (Å²) in [7, 11) is 3.32.